The fourth-order valence-corrected chi connectivity index (χ4v) is 2.07. The van der Waals surface area contributed by atoms with Gasteiger partial charge in [0.15, 0.2) is 0 Å². The Morgan fingerprint density at radius 2 is 2.06 bits per heavy atom. The second-order valence-electron chi connectivity index (χ2n) is 4.23. The van der Waals surface area contributed by atoms with Gasteiger partial charge in [-0.05, 0) is 31.0 Å². The number of rotatable bonds is 6. The summed E-state index contributed by atoms with van der Waals surface area (Å²) in [7, 11) is 0. The Morgan fingerprint density at radius 3 is 2.76 bits per heavy atom. The van der Waals surface area contributed by atoms with Gasteiger partial charge >= 0.3 is 0 Å². The molecule has 0 spiro atoms. The average Bonchev–Trinajstić information content (AvgIpc) is 2.32. The molecule has 17 heavy (non-hydrogen) atoms. The molecule has 0 atom stereocenters. The molecule has 1 N–H and O–H groups in total. The van der Waals surface area contributed by atoms with E-state index in [-0.39, 0.29) is 5.91 Å². The molecule has 1 aromatic rings. The number of carbonyl (C=O) groups excluding carboxylic acids is 1. The molecule has 0 aliphatic rings. The van der Waals surface area contributed by atoms with Gasteiger partial charge in [-0.15, -0.1) is 0 Å². The third-order valence-corrected chi connectivity index (χ3v) is 3.69. The SMILES string of the molecule is CCCCCCNC(=O)c1cccc(Br)c1C. The second-order valence-corrected chi connectivity index (χ2v) is 5.08. The lowest BCUT2D eigenvalue weighted by Gasteiger charge is -2.08. The number of hydrogen-bond donors (Lipinski definition) is 1. The number of unbranched alkanes of at least 4 members (excludes halogenated alkanes) is 3. The number of carbonyl (C=O) groups is 1. The first-order valence-electron chi connectivity index (χ1n) is 6.20. The van der Waals surface area contributed by atoms with Gasteiger partial charge < -0.3 is 5.32 Å². The zero-order valence-electron chi connectivity index (χ0n) is 10.6. The van der Waals surface area contributed by atoms with E-state index in [4.69, 9.17) is 0 Å². The quantitative estimate of drug-likeness (QED) is 0.788. The summed E-state index contributed by atoms with van der Waals surface area (Å²) in [5.74, 6) is 0.0281. The summed E-state index contributed by atoms with van der Waals surface area (Å²) in [6, 6.07) is 5.71. The van der Waals surface area contributed by atoms with Gasteiger partial charge in [0.1, 0.15) is 0 Å². The number of nitrogens with one attached hydrogen (secondary N) is 1. The van der Waals surface area contributed by atoms with E-state index in [9.17, 15) is 4.79 Å². The first-order valence-corrected chi connectivity index (χ1v) is 6.99. The fraction of sp³-hybridized carbons (Fsp3) is 0.500. The highest BCUT2D eigenvalue weighted by atomic mass is 79.9. The lowest BCUT2D eigenvalue weighted by molar-refractivity contribution is 0.0952. The van der Waals surface area contributed by atoms with Gasteiger partial charge in [-0.1, -0.05) is 48.2 Å². The Kier molecular flexibility index (Phi) is 6.27. The molecule has 0 heterocycles. The number of halogens is 1. The van der Waals surface area contributed by atoms with Crippen molar-refractivity contribution in [1.82, 2.24) is 5.32 Å². The number of benzene rings is 1. The summed E-state index contributed by atoms with van der Waals surface area (Å²) < 4.78 is 0.983. The smallest absolute Gasteiger partial charge is 0.251 e. The zero-order valence-corrected chi connectivity index (χ0v) is 12.1. The van der Waals surface area contributed by atoms with Crippen LogP contribution >= 0.6 is 15.9 Å². The molecule has 3 heteroatoms. The van der Waals surface area contributed by atoms with E-state index in [2.05, 4.69) is 28.2 Å². The Morgan fingerprint density at radius 1 is 1.29 bits per heavy atom. The van der Waals surface area contributed by atoms with Crippen molar-refractivity contribution < 1.29 is 4.79 Å². The van der Waals surface area contributed by atoms with Crippen molar-refractivity contribution >= 4 is 21.8 Å². The van der Waals surface area contributed by atoms with Gasteiger partial charge in [-0.2, -0.15) is 0 Å². The van der Waals surface area contributed by atoms with E-state index >= 15 is 0 Å². The molecule has 0 aliphatic heterocycles. The summed E-state index contributed by atoms with van der Waals surface area (Å²) in [6.45, 7) is 4.91. The minimum Gasteiger partial charge on any atom is -0.352 e. The molecule has 0 bridgehead atoms. The molecule has 1 aromatic carbocycles. The fourth-order valence-electron chi connectivity index (χ4n) is 1.70. The van der Waals surface area contributed by atoms with Crippen LogP contribution in [0.3, 0.4) is 0 Å². The molecular weight excluding hydrogens is 278 g/mol. The molecule has 0 unspecified atom stereocenters. The van der Waals surface area contributed by atoms with Gasteiger partial charge in [-0.3, -0.25) is 4.79 Å². The zero-order chi connectivity index (χ0) is 12.7. The topological polar surface area (TPSA) is 29.1 Å². The van der Waals surface area contributed by atoms with Gasteiger partial charge in [0.05, 0.1) is 0 Å². The standard InChI is InChI=1S/C14H20BrNO/c1-3-4-5-6-10-16-14(17)12-8-7-9-13(15)11(12)2/h7-9H,3-6,10H2,1-2H3,(H,16,17). The van der Waals surface area contributed by atoms with Gasteiger partial charge in [-0.25, -0.2) is 0 Å². The van der Waals surface area contributed by atoms with Crippen molar-refractivity contribution in [1.29, 1.82) is 0 Å². The molecule has 0 saturated carbocycles. The van der Waals surface area contributed by atoms with Crippen molar-refractivity contribution in [2.75, 3.05) is 6.54 Å². The molecule has 0 aliphatic carbocycles. The Labute approximate surface area is 112 Å². The van der Waals surface area contributed by atoms with Gasteiger partial charge in [0.25, 0.3) is 5.91 Å². The van der Waals surface area contributed by atoms with E-state index in [1.165, 1.54) is 19.3 Å². The van der Waals surface area contributed by atoms with Crippen molar-refractivity contribution in [3.05, 3.63) is 33.8 Å². The van der Waals surface area contributed by atoms with Crippen molar-refractivity contribution in [2.45, 2.75) is 39.5 Å². The normalized spacial score (nSPS) is 10.3. The summed E-state index contributed by atoms with van der Waals surface area (Å²) >= 11 is 3.44. The van der Waals surface area contributed by atoms with E-state index < -0.39 is 0 Å². The highest BCUT2D eigenvalue weighted by Crippen LogP contribution is 2.19. The monoisotopic (exact) mass is 297 g/mol. The first-order chi connectivity index (χ1) is 8.16. The second kappa shape index (κ2) is 7.49. The van der Waals surface area contributed by atoms with Crippen LogP contribution in [0.15, 0.2) is 22.7 Å². The predicted octanol–water partition coefficient (Wildman–Crippen LogP) is 4.07. The largest absolute Gasteiger partial charge is 0.352 e. The minimum absolute atomic E-state index is 0.0281. The van der Waals surface area contributed by atoms with Crippen molar-refractivity contribution in [3.63, 3.8) is 0 Å². The van der Waals surface area contributed by atoms with E-state index in [1.54, 1.807) is 0 Å². The predicted molar refractivity (Wildman–Crippen MR) is 75.4 cm³/mol. The summed E-state index contributed by atoms with van der Waals surface area (Å²) in [6.07, 6.45) is 4.71. The Hall–Kier alpha value is -0.830. The third-order valence-electron chi connectivity index (χ3n) is 2.83. The van der Waals surface area contributed by atoms with Gasteiger partial charge in [0, 0.05) is 16.6 Å². The lowest BCUT2D eigenvalue weighted by atomic mass is 10.1. The van der Waals surface area contributed by atoms with E-state index in [0.29, 0.717) is 0 Å². The van der Waals surface area contributed by atoms with Crippen LogP contribution in [0.2, 0.25) is 0 Å². The van der Waals surface area contributed by atoms with Crippen LogP contribution in [0.1, 0.15) is 48.5 Å². The van der Waals surface area contributed by atoms with E-state index in [0.717, 1.165) is 28.6 Å². The average molecular weight is 298 g/mol. The van der Waals surface area contributed by atoms with Crippen LogP contribution in [0.25, 0.3) is 0 Å². The van der Waals surface area contributed by atoms with Crippen LogP contribution in [0.4, 0.5) is 0 Å². The molecule has 1 rings (SSSR count). The highest BCUT2D eigenvalue weighted by Gasteiger charge is 2.09. The molecule has 94 valence electrons. The number of amides is 1. The van der Waals surface area contributed by atoms with Crippen LogP contribution in [0.5, 0.6) is 0 Å². The van der Waals surface area contributed by atoms with E-state index in [1.807, 2.05) is 25.1 Å². The first kappa shape index (κ1) is 14.2. The maximum Gasteiger partial charge on any atom is 0.251 e. The van der Waals surface area contributed by atoms with Crippen LogP contribution in [-0.2, 0) is 0 Å². The van der Waals surface area contributed by atoms with Gasteiger partial charge in [0.2, 0.25) is 0 Å². The maximum absolute atomic E-state index is 11.9. The third kappa shape index (κ3) is 4.50. The summed E-state index contributed by atoms with van der Waals surface area (Å²) in [4.78, 5) is 11.9. The minimum atomic E-state index is 0.0281. The van der Waals surface area contributed by atoms with Crippen LogP contribution in [0, 0.1) is 6.92 Å². The molecule has 0 fully saturated rings. The maximum atomic E-state index is 11.9. The Balaban J connectivity index is 2.44. The van der Waals surface area contributed by atoms with Crippen molar-refractivity contribution in [2.24, 2.45) is 0 Å². The van der Waals surface area contributed by atoms with Crippen molar-refractivity contribution in [3.8, 4) is 0 Å². The van der Waals surface area contributed by atoms with Crippen LogP contribution < -0.4 is 5.32 Å². The molecule has 1 amide bonds. The molecule has 2 nitrogen and oxygen atoms in total. The lowest BCUT2D eigenvalue weighted by Crippen LogP contribution is -2.25. The highest BCUT2D eigenvalue weighted by molar-refractivity contribution is 9.10. The molecule has 0 radical (unpaired) electrons. The molecule has 0 aromatic heterocycles. The molecular formula is C14H20BrNO. The van der Waals surface area contributed by atoms with Crippen LogP contribution in [-0.4, -0.2) is 12.5 Å². The summed E-state index contributed by atoms with van der Waals surface area (Å²) in [5, 5.41) is 2.97. The summed E-state index contributed by atoms with van der Waals surface area (Å²) in [5.41, 5.74) is 1.76. The Bertz CT molecular complexity index is 376. The number of hydrogen-bond acceptors (Lipinski definition) is 1. The molecule has 0 saturated heterocycles.